The number of halogens is 1. The number of hydrogen-bond acceptors (Lipinski definition) is 9. The van der Waals surface area contributed by atoms with Crippen molar-refractivity contribution in [1.29, 1.82) is 0 Å². The van der Waals surface area contributed by atoms with Crippen molar-refractivity contribution in [2.75, 3.05) is 59.2 Å². The Balaban J connectivity index is -0.000000228. The number of methoxy groups -OCH3 is 1. The standard InChI is InChI=1S/C21H15N3O.C5H12O3.C4H9ClO2.6CH4/c25-17-9-7-15(8-10-17)16-13-20(18-5-1-3-11-22-18)24-21(14-16)19-6-2-4-12-23-19;1-7-4-5-8-3-2-6;5-1-3-7-4-2-6;;;;;;/h1-14,25H;6H,2-5H2,1H3;6H,1-4H2;6*1H4. The Morgan fingerprint density at radius 2 is 1.07 bits per heavy atom. The first-order valence-electron chi connectivity index (χ1n) is 12.7. The second kappa shape index (κ2) is 32.9. The predicted octanol–water partition coefficient (Wildman–Crippen LogP) is 8.27. The summed E-state index contributed by atoms with van der Waals surface area (Å²) in [4.78, 5) is 13.6. The Kier molecular flexibility index (Phi) is 37.3. The highest BCUT2D eigenvalue weighted by atomic mass is 35.5. The summed E-state index contributed by atoms with van der Waals surface area (Å²) < 4.78 is 14.3. The molecule has 10 heteroatoms. The number of rotatable bonds is 12. The molecule has 0 aliphatic heterocycles. The van der Waals surface area contributed by atoms with Gasteiger partial charge in [0.2, 0.25) is 0 Å². The van der Waals surface area contributed by atoms with Gasteiger partial charge in [0.1, 0.15) is 5.75 Å². The largest absolute Gasteiger partial charge is 0.508 e. The van der Waals surface area contributed by atoms with Crippen molar-refractivity contribution in [3.05, 3.63) is 85.2 Å². The molecule has 0 amide bonds. The number of phenolic OH excluding ortho intramolecular Hbond substituents is 1. The van der Waals surface area contributed by atoms with Gasteiger partial charge in [-0.15, -0.1) is 11.6 Å². The maximum Gasteiger partial charge on any atom is 0.115 e. The number of benzene rings is 1. The monoisotopic (exact) mass is 665 g/mol. The van der Waals surface area contributed by atoms with E-state index in [1.165, 1.54) is 0 Å². The molecule has 3 heterocycles. The van der Waals surface area contributed by atoms with Crippen molar-refractivity contribution < 1.29 is 29.5 Å². The summed E-state index contributed by atoms with van der Waals surface area (Å²) in [5.74, 6) is 0.743. The molecular weight excluding hydrogens is 606 g/mol. The average Bonchev–Trinajstić information content (AvgIpc) is 3.01. The number of ether oxygens (including phenoxy) is 3. The molecule has 0 spiro atoms. The van der Waals surface area contributed by atoms with Gasteiger partial charge in [-0.3, -0.25) is 9.97 Å². The molecule has 9 nitrogen and oxygen atoms in total. The average molecular weight is 666 g/mol. The number of hydrogen-bond donors (Lipinski definition) is 3. The van der Waals surface area contributed by atoms with Gasteiger partial charge in [-0.1, -0.05) is 68.8 Å². The van der Waals surface area contributed by atoms with E-state index in [1.54, 1.807) is 31.6 Å². The second-order valence-corrected chi connectivity index (χ2v) is 8.33. The van der Waals surface area contributed by atoms with Crippen LogP contribution in [0.1, 0.15) is 44.6 Å². The molecule has 1 aromatic carbocycles. The SMILES string of the molecule is C.C.C.C.C.C.COCCOCCO.OCCOCCCl.Oc1ccc(-c2cc(-c3ccccn3)nc(-c3ccccn3)c2)cc1. The van der Waals surface area contributed by atoms with Crippen molar-refractivity contribution in [1.82, 2.24) is 15.0 Å². The summed E-state index contributed by atoms with van der Waals surface area (Å²) in [6, 6.07) is 22.6. The van der Waals surface area contributed by atoms with Crippen LogP contribution < -0.4 is 0 Å². The molecule has 46 heavy (non-hydrogen) atoms. The third kappa shape index (κ3) is 20.6. The lowest BCUT2D eigenvalue weighted by atomic mass is 10.0. The molecule has 4 rings (SSSR count). The fraction of sp³-hybridized carbons (Fsp3) is 0.417. The third-order valence-corrected chi connectivity index (χ3v) is 5.16. The van der Waals surface area contributed by atoms with E-state index in [9.17, 15) is 5.11 Å². The minimum Gasteiger partial charge on any atom is -0.508 e. The number of aliphatic hydroxyl groups excluding tert-OH is 2. The fourth-order valence-electron chi connectivity index (χ4n) is 3.17. The van der Waals surface area contributed by atoms with E-state index in [2.05, 4.69) is 14.7 Å². The minimum absolute atomic E-state index is 0. The van der Waals surface area contributed by atoms with Crippen LogP contribution in [0.4, 0.5) is 0 Å². The summed E-state index contributed by atoms with van der Waals surface area (Å²) in [5, 5.41) is 25.9. The lowest BCUT2D eigenvalue weighted by Crippen LogP contribution is -2.05. The van der Waals surface area contributed by atoms with Gasteiger partial charge in [-0.2, -0.15) is 0 Å². The van der Waals surface area contributed by atoms with Crippen LogP contribution in [0.5, 0.6) is 5.75 Å². The van der Waals surface area contributed by atoms with Crippen LogP contribution in [0, 0.1) is 0 Å². The van der Waals surface area contributed by atoms with Gasteiger partial charge >= 0.3 is 0 Å². The topological polar surface area (TPSA) is 127 Å². The normalized spacial score (nSPS) is 8.87. The molecule has 0 aliphatic rings. The van der Waals surface area contributed by atoms with Crippen LogP contribution in [-0.2, 0) is 14.2 Å². The highest BCUT2D eigenvalue weighted by Crippen LogP contribution is 2.29. The van der Waals surface area contributed by atoms with Crippen LogP contribution in [0.25, 0.3) is 33.9 Å². The quantitative estimate of drug-likeness (QED) is 0.101. The number of pyridine rings is 3. The predicted molar refractivity (Wildman–Crippen MR) is 197 cm³/mol. The third-order valence-electron chi connectivity index (χ3n) is 5.01. The molecule has 0 atom stereocenters. The van der Waals surface area contributed by atoms with E-state index in [0.29, 0.717) is 38.9 Å². The molecule has 3 aromatic heterocycles. The van der Waals surface area contributed by atoms with Crippen molar-refractivity contribution in [3.63, 3.8) is 0 Å². The Hall–Kier alpha value is -3.44. The summed E-state index contributed by atoms with van der Waals surface area (Å²) >= 11 is 5.23. The van der Waals surface area contributed by atoms with Gasteiger partial charge in [0.05, 0.1) is 69.0 Å². The summed E-state index contributed by atoms with van der Waals surface area (Å²) in [6.45, 7) is 2.66. The zero-order chi connectivity index (χ0) is 28.8. The van der Waals surface area contributed by atoms with E-state index in [4.69, 9.17) is 36.3 Å². The smallest absolute Gasteiger partial charge is 0.115 e. The van der Waals surface area contributed by atoms with Crippen LogP contribution >= 0.6 is 11.6 Å². The number of aliphatic hydroxyl groups is 2. The maximum absolute atomic E-state index is 9.54. The molecule has 0 fully saturated rings. The molecule has 0 saturated carbocycles. The molecule has 4 aromatic rings. The van der Waals surface area contributed by atoms with E-state index >= 15 is 0 Å². The van der Waals surface area contributed by atoms with Crippen molar-refractivity contribution in [3.8, 4) is 39.7 Å². The Morgan fingerprint density at radius 1 is 0.587 bits per heavy atom. The first kappa shape index (κ1) is 52.1. The number of aromatic hydroxyl groups is 1. The molecule has 0 aliphatic carbocycles. The number of alkyl halides is 1. The first-order valence-corrected chi connectivity index (χ1v) is 13.2. The number of aromatic nitrogens is 3. The van der Waals surface area contributed by atoms with E-state index in [-0.39, 0.29) is 63.5 Å². The van der Waals surface area contributed by atoms with E-state index < -0.39 is 0 Å². The van der Waals surface area contributed by atoms with Crippen molar-refractivity contribution in [2.24, 2.45) is 0 Å². The molecule has 0 bridgehead atoms. The molecule has 0 saturated heterocycles. The first-order chi connectivity index (χ1) is 19.6. The van der Waals surface area contributed by atoms with Crippen LogP contribution in [-0.4, -0.2) is 89.5 Å². The van der Waals surface area contributed by atoms with Gasteiger partial charge in [-0.25, -0.2) is 4.98 Å². The molecule has 3 N–H and O–H groups in total. The van der Waals surface area contributed by atoms with Crippen molar-refractivity contribution >= 4 is 11.6 Å². The summed E-state index contributed by atoms with van der Waals surface area (Å²) in [5.41, 5.74) is 5.17. The van der Waals surface area contributed by atoms with Crippen LogP contribution in [0.3, 0.4) is 0 Å². The zero-order valence-electron chi connectivity index (χ0n) is 22.5. The summed E-state index contributed by atoms with van der Waals surface area (Å²) in [7, 11) is 1.61. The van der Waals surface area contributed by atoms with Gasteiger partial charge < -0.3 is 29.5 Å². The minimum atomic E-state index is 0. The van der Waals surface area contributed by atoms with Crippen LogP contribution in [0.15, 0.2) is 85.2 Å². The number of nitrogens with zero attached hydrogens (tertiary/aromatic N) is 3. The summed E-state index contributed by atoms with van der Waals surface area (Å²) in [6.07, 6.45) is 3.51. The molecule has 0 radical (unpaired) electrons. The van der Waals surface area contributed by atoms with Gasteiger partial charge in [0.15, 0.2) is 0 Å². The molecular formula is C36H60ClN3O6. The second-order valence-electron chi connectivity index (χ2n) is 7.96. The highest BCUT2D eigenvalue weighted by Gasteiger charge is 2.10. The van der Waals surface area contributed by atoms with Gasteiger partial charge in [0.25, 0.3) is 0 Å². The Labute approximate surface area is 284 Å². The van der Waals surface area contributed by atoms with Crippen LogP contribution in [0.2, 0.25) is 0 Å². The lowest BCUT2D eigenvalue weighted by Gasteiger charge is -2.09. The van der Waals surface area contributed by atoms with Crippen molar-refractivity contribution in [2.45, 2.75) is 44.6 Å². The molecule has 262 valence electrons. The Morgan fingerprint density at radius 3 is 1.46 bits per heavy atom. The molecule has 0 unspecified atom stereocenters. The van der Waals surface area contributed by atoms with Gasteiger partial charge in [0, 0.05) is 25.4 Å². The van der Waals surface area contributed by atoms with E-state index in [0.717, 1.165) is 33.9 Å². The zero-order valence-corrected chi connectivity index (χ0v) is 23.3. The number of phenols is 1. The maximum atomic E-state index is 9.54. The highest BCUT2D eigenvalue weighted by molar-refractivity contribution is 6.17. The Bertz CT molecular complexity index is 1120. The lowest BCUT2D eigenvalue weighted by molar-refractivity contribution is 0.0500. The fourth-order valence-corrected chi connectivity index (χ4v) is 3.28. The van der Waals surface area contributed by atoms with E-state index in [1.807, 2.05) is 60.7 Å². The van der Waals surface area contributed by atoms with Gasteiger partial charge in [-0.05, 0) is 59.7 Å².